The first-order chi connectivity index (χ1) is 7.02. The maximum atomic E-state index is 11.7. The standard InChI is InChI=1S/C11H19NO3/c1-7-5-3-4-6-9(7)10(13)12-8(2)11(14)15/h7-9H,3-6H2,1-2H3,(H,12,13)(H,14,15)/t7?,8-,9?/m1/s1. The number of carboxylic acids is 1. The molecule has 1 aliphatic rings. The molecule has 4 heteroatoms. The molecule has 0 aromatic heterocycles. The van der Waals surface area contributed by atoms with Crippen molar-refractivity contribution in [3.8, 4) is 0 Å². The summed E-state index contributed by atoms with van der Waals surface area (Å²) in [5.74, 6) is -0.704. The molecule has 86 valence electrons. The molecule has 1 rings (SSSR count). The average Bonchev–Trinajstić information content (AvgIpc) is 2.18. The minimum Gasteiger partial charge on any atom is -0.480 e. The minimum absolute atomic E-state index is 0.000509. The molecule has 1 saturated carbocycles. The Kier molecular flexibility index (Phi) is 4.12. The summed E-state index contributed by atoms with van der Waals surface area (Å²) in [5.41, 5.74) is 0. The van der Waals surface area contributed by atoms with Gasteiger partial charge in [-0.3, -0.25) is 9.59 Å². The van der Waals surface area contributed by atoms with Gasteiger partial charge in [-0.15, -0.1) is 0 Å². The van der Waals surface area contributed by atoms with Gasteiger partial charge < -0.3 is 10.4 Å². The van der Waals surface area contributed by atoms with Crippen molar-refractivity contribution in [1.29, 1.82) is 0 Å². The fourth-order valence-corrected chi connectivity index (χ4v) is 2.09. The van der Waals surface area contributed by atoms with Crippen LogP contribution in [0.15, 0.2) is 0 Å². The van der Waals surface area contributed by atoms with Crippen LogP contribution in [0.1, 0.15) is 39.5 Å². The summed E-state index contributed by atoms with van der Waals surface area (Å²) in [4.78, 5) is 22.3. The van der Waals surface area contributed by atoms with Crippen LogP contribution >= 0.6 is 0 Å². The monoisotopic (exact) mass is 213 g/mol. The Morgan fingerprint density at radius 3 is 2.47 bits per heavy atom. The van der Waals surface area contributed by atoms with E-state index in [9.17, 15) is 9.59 Å². The second-order valence-electron chi connectivity index (χ2n) is 4.44. The van der Waals surface area contributed by atoms with Crippen molar-refractivity contribution in [2.24, 2.45) is 11.8 Å². The van der Waals surface area contributed by atoms with E-state index in [4.69, 9.17) is 5.11 Å². The summed E-state index contributed by atoms with van der Waals surface area (Å²) in [7, 11) is 0. The molecular formula is C11H19NO3. The molecule has 15 heavy (non-hydrogen) atoms. The molecule has 2 N–H and O–H groups in total. The summed E-state index contributed by atoms with van der Waals surface area (Å²) in [6.07, 6.45) is 4.21. The lowest BCUT2D eigenvalue weighted by molar-refractivity contribution is -0.142. The Bertz CT molecular complexity index is 252. The van der Waals surface area contributed by atoms with Gasteiger partial charge in [0.15, 0.2) is 0 Å². The van der Waals surface area contributed by atoms with Crippen molar-refractivity contribution in [3.05, 3.63) is 0 Å². The number of hydrogen-bond donors (Lipinski definition) is 2. The maximum Gasteiger partial charge on any atom is 0.325 e. The molecule has 0 aromatic rings. The van der Waals surface area contributed by atoms with E-state index in [0.717, 1.165) is 19.3 Å². The van der Waals surface area contributed by atoms with Crippen molar-refractivity contribution in [2.45, 2.75) is 45.6 Å². The van der Waals surface area contributed by atoms with Crippen LogP contribution in [0.3, 0.4) is 0 Å². The van der Waals surface area contributed by atoms with Gasteiger partial charge in [-0.25, -0.2) is 0 Å². The Morgan fingerprint density at radius 2 is 1.93 bits per heavy atom. The third kappa shape index (κ3) is 3.22. The van der Waals surface area contributed by atoms with Gasteiger partial charge in [-0.1, -0.05) is 19.8 Å². The first-order valence-corrected chi connectivity index (χ1v) is 5.55. The van der Waals surface area contributed by atoms with Gasteiger partial charge in [0, 0.05) is 5.92 Å². The summed E-state index contributed by atoms with van der Waals surface area (Å²) >= 11 is 0. The number of hydrogen-bond acceptors (Lipinski definition) is 2. The van der Waals surface area contributed by atoms with Crippen LogP contribution in [0, 0.1) is 11.8 Å². The van der Waals surface area contributed by atoms with Gasteiger partial charge in [0.1, 0.15) is 6.04 Å². The van der Waals surface area contributed by atoms with Gasteiger partial charge in [0.2, 0.25) is 5.91 Å². The lowest BCUT2D eigenvalue weighted by atomic mass is 9.80. The number of carboxylic acid groups (broad SMARTS) is 1. The van der Waals surface area contributed by atoms with Crippen LogP contribution in [-0.4, -0.2) is 23.0 Å². The number of amides is 1. The molecule has 1 amide bonds. The van der Waals surface area contributed by atoms with Crippen molar-refractivity contribution in [1.82, 2.24) is 5.32 Å². The Morgan fingerprint density at radius 1 is 1.33 bits per heavy atom. The number of carbonyl (C=O) groups is 2. The number of rotatable bonds is 3. The van der Waals surface area contributed by atoms with Crippen molar-refractivity contribution in [2.75, 3.05) is 0 Å². The number of nitrogens with one attached hydrogen (secondary N) is 1. The van der Waals surface area contributed by atoms with Crippen LogP contribution in [-0.2, 0) is 9.59 Å². The lowest BCUT2D eigenvalue weighted by Gasteiger charge is -2.28. The highest BCUT2D eigenvalue weighted by molar-refractivity contribution is 5.84. The molecule has 3 atom stereocenters. The van der Waals surface area contributed by atoms with E-state index in [0.29, 0.717) is 5.92 Å². The van der Waals surface area contributed by atoms with Gasteiger partial charge >= 0.3 is 5.97 Å². The van der Waals surface area contributed by atoms with Crippen molar-refractivity contribution < 1.29 is 14.7 Å². The minimum atomic E-state index is -0.980. The Balaban J connectivity index is 2.48. The van der Waals surface area contributed by atoms with Gasteiger partial charge in [0.25, 0.3) is 0 Å². The lowest BCUT2D eigenvalue weighted by Crippen LogP contribution is -2.43. The first kappa shape index (κ1) is 12.0. The van der Waals surface area contributed by atoms with Crippen LogP contribution in [0.4, 0.5) is 0 Å². The molecular weight excluding hydrogens is 194 g/mol. The molecule has 0 saturated heterocycles. The highest BCUT2D eigenvalue weighted by Crippen LogP contribution is 2.29. The predicted molar refractivity (Wildman–Crippen MR) is 56.4 cm³/mol. The first-order valence-electron chi connectivity index (χ1n) is 5.55. The molecule has 1 fully saturated rings. The molecule has 0 aliphatic heterocycles. The van der Waals surface area contributed by atoms with E-state index in [1.54, 1.807) is 0 Å². The van der Waals surface area contributed by atoms with Crippen LogP contribution in [0.5, 0.6) is 0 Å². The number of aliphatic carboxylic acids is 1. The molecule has 0 aromatic carbocycles. The molecule has 0 radical (unpaired) electrons. The van der Waals surface area contributed by atoms with Crippen LogP contribution in [0.25, 0.3) is 0 Å². The summed E-state index contributed by atoms with van der Waals surface area (Å²) in [6.45, 7) is 3.56. The Labute approximate surface area is 90.0 Å². The third-order valence-electron chi connectivity index (χ3n) is 3.18. The van der Waals surface area contributed by atoms with E-state index >= 15 is 0 Å². The van der Waals surface area contributed by atoms with E-state index in [1.165, 1.54) is 13.3 Å². The quantitative estimate of drug-likeness (QED) is 0.744. The topological polar surface area (TPSA) is 66.4 Å². The van der Waals surface area contributed by atoms with Gasteiger partial charge in [-0.05, 0) is 25.7 Å². The Hall–Kier alpha value is -1.06. The zero-order chi connectivity index (χ0) is 11.4. The van der Waals surface area contributed by atoms with E-state index in [2.05, 4.69) is 12.2 Å². The second kappa shape index (κ2) is 5.14. The van der Waals surface area contributed by atoms with E-state index in [1.807, 2.05) is 0 Å². The molecule has 2 unspecified atom stereocenters. The highest BCUT2D eigenvalue weighted by Gasteiger charge is 2.29. The normalized spacial score (nSPS) is 28.1. The third-order valence-corrected chi connectivity index (χ3v) is 3.18. The fourth-order valence-electron chi connectivity index (χ4n) is 2.09. The average molecular weight is 213 g/mol. The van der Waals surface area contributed by atoms with Crippen molar-refractivity contribution in [3.63, 3.8) is 0 Å². The molecule has 0 spiro atoms. The summed E-state index contributed by atoms with van der Waals surface area (Å²) in [5, 5.41) is 11.2. The molecule has 4 nitrogen and oxygen atoms in total. The molecule has 0 heterocycles. The van der Waals surface area contributed by atoms with Crippen molar-refractivity contribution >= 4 is 11.9 Å². The zero-order valence-corrected chi connectivity index (χ0v) is 9.32. The second-order valence-corrected chi connectivity index (χ2v) is 4.44. The van der Waals surface area contributed by atoms with Gasteiger partial charge in [-0.2, -0.15) is 0 Å². The zero-order valence-electron chi connectivity index (χ0n) is 9.32. The van der Waals surface area contributed by atoms with Crippen LogP contribution < -0.4 is 5.32 Å². The molecule has 0 bridgehead atoms. The van der Waals surface area contributed by atoms with E-state index in [-0.39, 0.29) is 11.8 Å². The highest BCUT2D eigenvalue weighted by atomic mass is 16.4. The largest absolute Gasteiger partial charge is 0.480 e. The fraction of sp³-hybridized carbons (Fsp3) is 0.818. The summed E-state index contributed by atoms with van der Waals surface area (Å²) < 4.78 is 0. The SMILES string of the molecule is CC1CCCCC1C(=O)N[C@H](C)C(=O)O. The molecule has 1 aliphatic carbocycles. The van der Waals surface area contributed by atoms with Gasteiger partial charge in [0.05, 0.1) is 0 Å². The predicted octanol–water partition coefficient (Wildman–Crippen LogP) is 1.40. The van der Waals surface area contributed by atoms with Crippen LogP contribution in [0.2, 0.25) is 0 Å². The number of carbonyl (C=O) groups excluding carboxylic acids is 1. The smallest absolute Gasteiger partial charge is 0.325 e. The van der Waals surface area contributed by atoms with E-state index < -0.39 is 12.0 Å². The maximum absolute atomic E-state index is 11.7. The summed E-state index contributed by atoms with van der Waals surface area (Å²) in [6, 6.07) is -0.786.